The number of hydrogen-bond acceptors (Lipinski definition) is 4. The van der Waals surface area contributed by atoms with Gasteiger partial charge in [0.2, 0.25) is 5.91 Å². The van der Waals surface area contributed by atoms with Crippen molar-refractivity contribution in [2.45, 2.75) is 25.2 Å². The number of sulfonamides is 1. The van der Waals surface area contributed by atoms with Crippen LogP contribution in [0.4, 0.5) is 11.4 Å². The molecule has 2 aromatic carbocycles. The molecule has 1 aliphatic rings. The van der Waals surface area contributed by atoms with E-state index in [1.165, 1.54) is 23.4 Å². The number of ketones is 1. The maximum absolute atomic E-state index is 13.0. The van der Waals surface area contributed by atoms with E-state index >= 15 is 0 Å². The molecule has 0 bridgehead atoms. The average molecular weight is 358 g/mol. The molecule has 0 aliphatic carbocycles. The van der Waals surface area contributed by atoms with E-state index in [0.29, 0.717) is 16.9 Å². The Labute approximate surface area is 146 Å². The predicted molar refractivity (Wildman–Crippen MR) is 95.4 cm³/mol. The van der Waals surface area contributed by atoms with Crippen LogP contribution in [0.5, 0.6) is 0 Å². The lowest BCUT2D eigenvalue weighted by atomic mass is 10.0. The number of amides is 1. The second kappa shape index (κ2) is 6.33. The molecule has 0 fully saturated rings. The van der Waals surface area contributed by atoms with Gasteiger partial charge in [-0.3, -0.25) is 13.9 Å². The monoisotopic (exact) mass is 358 g/mol. The van der Waals surface area contributed by atoms with Crippen molar-refractivity contribution in [1.82, 2.24) is 0 Å². The van der Waals surface area contributed by atoms with Crippen LogP contribution < -0.4 is 9.62 Å². The molecule has 130 valence electrons. The number of fused-ring (bicyclic) bond motifs is 1. The number of anilines is 2. The van der Waals surface area contributed by atoms with Gasteiger partial charge < -0.3 is 5.32 Å². The Balaban J connectivity index is 2.00. The fraction of sp³-hybridized carbons (Fsp3) is 0.222. The van der Waals surface area contributed by atoms with Gasteiger partial charge >= 0.3 is 0 Å². The number of aryl methyl sites for hydroxylation is 1. The molecule has 0 atom stereocenters. The fourth-order valence-corrected chi connectivity index (χ4v) is 4.32. The Morgan fingerprint density at radius 2 is 1.80 bits per heavy atom. The first-order valence-corrected chi connectivity index (χ1v) is 9.27. The van der Waals surface area contributed by atoms with Crippen LogP contribution in [0.3, 0.4) is 0 Å². The van der Waals surface area contributed by atoms with Crippen molar-refractivity contribution >= 4 is 33.1 Å². The van der Waals surface area contributed by atoms with Crippen LogP contribution in [0.25, 0.3) is 0 Å². The molecule has 2 aromatic rings. The van der Waals surface area contributed by atoms with Crippen LogP contribution in [0.1, 0.15) is 29.3 Å². The third-order valence-electron chi connectivity index (χ3n) is 4.03. The van der Waals surface area contributed by atoms with Crippen molar-refractivity contribution in [2.75, 3.05) is 16.2 Å². The van der Waals surface area contributed by atoms with Crippen LogP contribution in [-0.2, 0) is 14.8 Å². The molecule has 0 saturated carbocycles. The van der Waals surface area contributed by atoms with Gasteiger partial charge in [0, 0.05) is 31.1 Å². The van der Waals surface area contributed by atoms with E-state index in [2.05, 4.69) is 5.32 Å². The van der Waals surface area contributed by atoms with Gasteiger partial charge in [-0.15, -0.1) is 0 Å². The summed E-state index contributed by atoms with van der Waals surface area (Å²) in [6.07, 6.45) is 0.152. The molecular weight excluding hydrogens is 340 g/mol. The molecule has 0 aromatic heterocycles. The van der Waals surface area contributed by atoms with Gasteiger partial charge in [0.25, 0.3) is 10.0 Å². The molecular formula is C18H18N2O4S. The molecule has 0 unspecified atom stereocenters. The van der Waals surface area contributed by atoms with Crippen molar-refractivity contribution in [3.05, 3.63) is 53.6 Å². The third-order valence-corrected chi connectivity index (χ3v) is 5.85. The van der Waals surface area contributed by atoms with E-state index < -0.39 is 10.0 Å². The first-order valence-electron chi connectivity index (χ1n) is 7.83. The van der Waals surface area contributed by atoms with E-state index in [-0.39, 0.29) is 29.6 Å². The first kappa shape index (κ1) is 17.2. The van der Waals surface area contributed by atoms with E-state index in [1.807, 2.05) is 6.92 Å². The molecule has 1 N–H and O–H groups in total. The van der Waals surface area contributed by atoms with E-state index in [1.54, 1.807) is 30.3 Å². The van der Waals surface area contributed by atoms with Crippen molar-refractivity contribution in [1.29, 1.82) is 0 Å². The molecule has 25 heavy (non-hydrogen) atoms. The lowest BCUT2D eigenvalue weighted by Crippen LogP contribution is -2.37. The molecule has 7 heteroatoms. The number of nitrogens with zero attached hydrogens (tertiary/aromatic N) is 1. The standard InChI is InChI=1S/C18H18N2O4S/c1-12-3-8-17-16(11-12)18(22)9-10-20(17)25(23,24)15-6-4-14(5-7-15)19-13(2)21/h3-8,11H,9-10H2,1-2H3,(H,19,21). The first-order chi connectivity index (χ1) is 11.8. The topological polar surface area (TPSA) is 83.6 Å². The molecule has 6 nitrogen and oxygen atoms in total. The minimum atomic E-state index is -3.79. The largest absolute Gasteiger partial charge is 0.326 e. The molecule has 1 heterocycles. The third kappa shape index (κ3) is 3.28. The average Bonchev–Trinajstić information content (AvgIpc) is 2.55. The summed E-state index contributed by atoms with van der Waals surface area (Å²) in [7, 11) is -3.79. The van der Waals surface area contributed by atoms with E-state index in [9.17, 15) is 18.0 Å². The van der Waals surface area contributed by atoms with Crippen LogP contribution in [0, 0.1) is 6.92 Å². The zero-order chi connectivity index (χ0) is 18.2. The number of hydrogen-bond donors (Lipinski definition) is 1. The summed E-state index contributed by atoms with van der Waals surface area (Å²) in [5.74, 6) is -0.277. The second-order valence-corrected chi connectivity index (χ2v) is 7.84. The molecule has 0 saturated heterocycles. The van der Waals surface area contributed by atoms with Crippen LogP contribution in [0.15, 0.2) is 47.4 Å². The van der Waals surface area contributed by atoms with Gasteiger partial charge in [-0.1, -0.05) is 11.6 Å². The summed E-state index contributed by atoms with van der Waals surface area (Å²) < 4.78 is 27.3. The Morgan fingerprint density at radius 3 is 2.44 bits per heavy atom. The van der Waals surface area contributed by atoms with Crippen LogP contribution >= 0.6 is 0 Å². The lowest BCUT2D eigenvalue weighted by molar-refractivity contribution is -0.114. The van der Waals surface area contributed by atoms with E-state index in [4.69, 9.17) is 0 Å². The SMILES string of the molecule is CC(=O)Nc1ccc(S(=O)(=O)N2CCC(=O)c3cc(C)ccc32)cc1. The predicted octanol–water partition coefficient (Wildman–Crippen LogP) is 2.74. The Kier molecular flexibility index (Phi) is 4.34. The minimum Gasteiger partial charge on any atom is -0.326 e. The smallest absolute Gasteiger partial charge is 0.264 e. The Hall–Kier alpha value is -2.67. The van der Waals surface area contributed by atoms with Crippen molar-refractivity contribution in [2.24, 2.45) is 0 Å². The van der Waals surface area contributed by atoms with Crippen LogP contribution in [0.2, 0.25) is 0 Å². The lowest BCUT2D eigenvalue weighted by Gasteiger charge is -2.30. The van der Waals surface area contributed by atoms with Gasteiger partial charge in [-0.05, 0) is 43.3 Å². The number of nitrogens with one attached hydrogen (secondary N) is 1. The van der Waals surface area contributed by atoms with Gasteiger partial charge in [0.15, 0.2) is 5.78 Å². The highest BCUT2D eigenvalue weighted by Crippen LogP contribution is 2.32. The Bertz CT molecular complexity index is 950. The summed E-state index contributed by atoms with van der Waals surface area (Å²) in [6, 6.07) is 11.2. The highest BCUT2D eigenvalue weighted by Gasteiger charge is 2.32. The normalized spacial score (nSPS) is 14.2. The van der Waals surface area contributed by atoms with Crippen molar-refractivity contribution < 1.29 is 18.0 Å². The maximum atomic E-state index is 13.0. The highest BCUT2D eigenvalue weighted by atomic mass is 32.2. The number of carbonyl (C=O) groups is 2. The molecule has 1 amide bonds. The minimum absolute atomic E-state index is 0.0499. The van der Waals surface area contributed by atoms with Gasteiger partial charge in [0.05, 0.1) is 10.6 Å². The second-order valence-electron chi connectivity index (χ2n) is 5.98. The number of Topliss-reactive ketones (excluding diaryl/α,β-unsaturated/α-hetero) is 1. The summed E-state index contributed by atoms with van der Waals surface area (Å²) in [4.78, 5) is 23.3. The molecule has 0 spiro atoms. The molecule has 3 rings (SSSR count). The van der Waals surface area contributed by atoms with Crippen molar-refractivity contribution in [3.63, 3.8) is 0 Å². The van der Waals surface area contributed by atoms with Crippen LogP contribution in [-0.4, -0.2) is 26.7 Å². The number of carbonyl (C=O) groups excluding carboxylic acids is 2. The molecule has 1 aliphatic heterocycles. The zero-order valence-electron chi connectivity index (χ0n) is 13.9. The fourth-order valence-electron chi connectivity index (χ4n) is 2.84. The highest BCUT2D eigenvalue weighted by molar-refractivity contribution is 7.92. The quantitative estimate of drug-likeness (QED) is 0.914. The summed E-state index contributed by atoms with van der Waals surface area (Å²) in [6.45, 7) is 3.36. The van der Waals surface area contributed by atoms with Gasteiger partial charge in [-0.25, -0.2) is 8.42 Å². The number of benzene rings is 2. The van der Waals surface area contributed by atoms with Crippen molar-refractivity contribution in [3.8, 4) is 0 Å². The van der Waals surface area contributed by atoms with Gasteiger partial charge in [-0.2, -0.15) is 0 Å². The number of rotatable bonds is 3. The summed E-state index contributed by atoms with van der Waals surface area (Å²) >= 11 is 0. The summed E-state index contributed by atoms with van der Waals surface area (Å²) in [5, 5.41) is 2.60. The summed E-state index contributed by atoms with van der Waals surface area (Å²) in [5.41, 5.74) is 2.28. The maximum Gasteiger partial charge on any atom is 0.264 e. The van der Waals surface area contributed by atoms with E-state index in [0.717, 1.165) is 5.56 Å². The molecule has 0 radical (unpaired) electrons. The zero-order valence-corrected chi connectivity index (χ0v) is 14.8. The Morgan fingerprint density at radius 1 is 1.12 bits per heavy atom. The van der Waals surface area contributed by atoms with Gasteiger partial charge in [0.1, 0.15) is 0 Å².